The van der Waals surface area contributed by atoms with Crippen molar-refractivity contribution in [2.24, 2.45) is 17.3 Å². The van der Waals surface area contributed by atoms with Gasteiger partial charge in [0.25, 0.3) is 0 Å². The Kier molecular flexibility index (Phi) is 13.4. The molecular formula is C32H37NO10. The molecule has 0 N–H and O–H groups in total. The Morgan fingerprint density at radius 1 is 0.628 bits per heavy atom. The molecule has 2 aromatic carbocycles. The molecule has 0 radical (unpaired) electrons. The molecule has 2 unspecified atom stereocenters. The SMILES string of the molecule is COC(=O)c1ccc(CCC(CC(C#N)(CC(CCc2ccc(C(=O)OC)cc2)C(=O)OC)C(=O)OC)C(=O)OC)cc1. The second-order valence-corrected chi connectivity index (χ2v) is 9.99. The molecular weight excluding hydrogens is 558 g/mol. The smallest absolute Gasteiger partial charge is 0.337 e. The Morgan fingerprint density at radius 2 is 1.00 bits per heavy atom. The molecule has 0 aromatic heterocycles. The number of carbonyl (C=O) groups is 5. The highest BCUT2D eigenvalue weighted by atomic mass is 16.5. The standard InChI is InChI=1S/C32H37NO10/c1-39-27(34)23-12-6-21(7-13-23)10-16-25(29(36)41-3)18-32(20-33,31(38)43-5)19-26(30(37)42-4)17-11-22-8-14-24(15-9-22)28(35)40-2/h6-9,12-15,25-26H,10-11,16-19H2,1-5H3. The quantitative estimate of drug-likeness (QED) is 0.218. The first-order valence-electron chi connectivity index (χ1n) is 13.6. The summed E-state index contributed by atoms with van der Waals surface area (Å²) in [4.78, 5) is 62.3. The van der Waals surface area contributed by atoms with Crippen molar-refractivity contribution in [3.05, 3.63) is 70.8 Å². The summed E-state index contributed by atoms with van der Waals surface area (Å²) in [5, 5.41) is 10.3. The summed E-state index contributed by atoms with van der Waals surface area (Å²) in [6, 6.07) is 15.4. The number of hydrogen-bond donors (Lipinski definition) is 0. The number of aryl methyl sites for hydroxylation is 2. The highest BCUT2D eigenvalue weighted by Crippen LogP contribution is 2.38. The number of nitrogens with zero attached hydrogens (tertiary/aromatic N) is 1. The molecule has 230 valence electrons. The first-order chi connectivity index (χ1) is 20.6. The van der Waals surface area contributed by atoms with Crippen molar-refractivity contribution in [3.8, 4) is 6.07 Å². The minimum atomic E-state index is -1.85. The van der Waals surface area contributed by atoms with E-state index in [1.807, 2.05) is 6.07 Å². The Morgan fingerprint density at radius 3 is 1.28 bits per heavy atom. The zero-order valence-electron chi connectivity index (χ0n) is 25.0. The van der Waals surface area contributed by atoms with Crippen molar-refractivity contribution in [2.45, 2.75) is 38.5 Å². The number of methoxy groups -OCH3 is 5. The highest BCUT2D eigenvalue weighted by molar-refractivity contribution is 5.89. The van der Waals surface area contributed by atoms with Gasteiger partial charge in [-0.3, -0.25) is 14.4 Å². The third kappa shape index (κ3) is 9.39. The molecule has 2 rings (SSSR count). The maximum atomic E-state index is 13.1. The van der Waals surface area contributed by atoms with Crippen molar-refractivity contribution < 1.29 is 47.7 Å². The molecule has 0 saturated heterocycles. The molecule has 11 heteroatoms. The Bertz CT molecular complexity index is 1230. The van der Waals surface area contributed by atoms with E-state index in [1.54, 1.807) is 48.5 Å². The lowest BCUT2D eigenvalue weighted by atomic mass is 9.72. The van der Waals surface area contributed by atoms with E-state index in [9.17, 15) is 29.2 Å². The minimum Gasteiger partial charge on any atom is -0.469 e. The largest absolute Gasteiger partial charge is 0.469 e. The molecule has 0 fully saturated rings. The minimum absolute atomic E-state index is 0.222. The summed E-state index contributed by atoms with van der Waals surface area (Å²) >= 11 is 0. The second-order valence-electron chi connectivity index (χ2n) is 9.99. The molecule has 11 nitrogen and oxygen atoms in total. The van der Waals surface area contributed by atoms with E-state index in [-0.39, 0.29) is 25.7 Å². The number of benzene rings is 2. The molecule has 0 aliphatic carbocycles. The average molecular weight is 596 g/mol. The molecule has 0 spiro atoms. The molecule has 43 heavy (non-hydrogen) atoms. The molecule has 0 amide bonds. The van der Waals surface area contributed by atoms with Gasteiger partial charge >= 0.3 is 29.8 Å². The maximum absolute atomic E-state index is 13.1. The molecule has 0 heterocycles. The lowest BCUT2D eigenvalue weighted by Gasteiger charge is -2.30. The summed E-state index contributed by atoms with van der Waals surface area (Å²) in [6.07, 6.45) is 0.715. The van der Waals surface area contributed by atoms with Crippen LogP contribution in [0.5, 0.6) is 0 Å². The summed E-state index contributed by atoms with van der Waals surface area (Å²) < 4.78 is 24.4. The van der Waals surface area contributed by atoms with Gasteiger partial charge in [0, 0.05) is 0 Å². The van der Waals surface area contributed by atoms with Crippen molar-refractivity contribution >= 4 is 29.8 Å². The third-order valence-electron chi connectivity index (χ3n) is 7.36. The van der Waals surface area contributed by atoms with Crippen LogP contribution in [0.3, 0.4) is 0 Å². The predicted octanol–water partition coefficient (Wildman–Crippen LogP) is 3.87. The Labute approximate surface area is 251 Å². The van der Waals surface area contributed by atoms with Gasteiger partial charge in [0.15, 0.2) is 5.41 Å². The van der Waals surface area contributed by atoms with Gasteiger partial charge in [-0.2, -0.15) is 5.26 Å². The van der Waals surface area contributed by atoms with Gasteiger partial charge in [0.2, 0.25) is 0 Å². The summed E-state index contributed by atoms with van der Waals surface area (Å²) in [7, 11) is 6.15. The first kappa shape index (κ1) is 34.5. The summed E-state index contributed by atoms with van der Waals surface area (Å²) in [5.74, 6) is -4.82. The fourth-order valence-corrected chi connectivity index (χ4v) is 4.90. The second kappa shape index (κ2) is 16.7. The summed E-state index contributed by atoms with van der Waals surface area (Å²) in [6.45, 7) is 0. The van der Waals surface area contributed by atoms with Crippen LogP contribution in [0.1, 0.15) is 57.5 Å². The van der Waals surface area contributed by atoms with Gasteiger partial charge in [-0.25, -0.2) is 9.59 Å². The Balaban J connectivity index is 2.29. The number of rotatable bonds is 15. The van der Waals surface area contributed by atoms with Crippen molar-refractivity contribution in [2.75, 3.05) is 35.5 Å². The molecule has 2 aromatic rings. The van der Waals surface area contributed by atoms with Crippen LogP contribution in [0.4, 0.5) is 0 Å². The molecule has 2 atom stereocenters. The highest BCUT2D eigenvalue weighted by Gasteiger charge is 2.47. The zero-order chi connectivity index (χ0) is 32.0. The van der Waals surface area contributed by atoms with E-state index in [0.29, 0.717) is 24.0 Å². The number of hydrogen-bond acceptors (Lipinski definition) is 11. The number of ether oxygens (including phenoxy) is 5. The molecule has 0 saturated carbocycles. The van der Waals surface area contributed by atoms with Gasteiger partial charge < -0.3 is 23.7 Å². The topological polar surface area (TPSA) is 155 Å². The van der Waals surface area contributed by atoms with Gasteiger partial charge in [0.05, 0.1) is 64.6 Å². The number of carbonyl (C=O) groups excluding carboxylic acids is 5. The van der Waals surface area contributed by atoms with E-state index in [2.05, 4.69) is 0 Å². The number of esters is 5. The van der Waals surface area contributed by atoms with Crippen LogP contribution in [0.2, 0.25) is 0 Å². The molecule has 0 aliphatic heterocycles. The van der Waals surface area contributed by atoms with Crippen LogP contribution < -0.4 is 0 Å². The van der Waals surface area contributed by atoms with E-state index < -0.39 is 47.1 Å². The Hall–Kier alpha value is -4.72. The lowest BCUT2D eigenvalue weighted by molar-refractivity contribution is -0.156. The van der Waals surface area contributed by atoms with E-state index in [4.69, 9.17) is 23.7 Å². The first-order valence-corrected chi connectivity index (χ1v) is 13.6. The van der Waals surface area contributed by atoms with Crippen LogP contribution in [0.25, 0.3) is 0 Å². The van der Waals surface area contributed by atoms with E-state index in [1.165, 1.54) is 28.4 Å². The van der Waals surface area contributed by atoms with Crippen LogP contribution in [-0.2, 0) is 50.9 Å². The zero-order valence-corrected chi connectivity index (χ0v) is 25.0. The van der Waals surface area contributed by atoms with Crippen LogP contribution in [0.15, 0.2) is 48.5 Å². The van der Waals surface area contributed by atoms with Gasteiger partial charge in [0.1, 0.15) is 0 Å². The van der Waals surface area contributed by atoms with Crippen LogP contribution >= 0.6 is 0 Å². The van der Waals surface area contributed by atoms with Gasteiger partial charge in [-0.1, -0.05) is 24.3 Å². The van der Waals surface area contributed by atoms with E-state index >= 15 is 0 Å². The average Bonchev–Trinajstić information content (AvgIpc) is 3.06. The van der Waals surface area contributed by atoms with Gasteiger partial charge in [-0.05, 0) is 73.9 Å². The predicted molar refractivity (Wildman–Crippen MR) is 153 cm³/mol. The summed E-state index contributed by atoms with van der Waals surface area (Å²) in [5.41, 5.74) is 0.521. The lowest BCUT2D eigenvalue weighted by Crippen LogP contribution is -2.39. The van der Waals surface area contributed by atoms with Crippen molar-refractivity contribution in [1.82, 2.24) is 0 Å². The third-order valence-corrected chi connectivity index (χ3v) is 7.36. The fourth-order valence-electron chi connectivity index (χ4n) is 4.90. The van der Waals surface area contributed by atoms with Crippen molar-refractivity contribution in [3.63, 3.8) is 0 Å². The molecule has 0 bridgehead atoms. The van der Waals surface area contributed by atoms with Crippen LogP contribution in [-0.4, -0.2) is 65.4 Å². The maximum Gasteiger partial charge on any atom is 0.337 e. The number of nitriles is 1. The molecule has 0 aliphatic rings. The normalized spacial score (nSPS) is 13.3. The van der Waals surface area contributed by atoms with Gasteiger partial charge in [-0.15, -0.1) is 0 Å². The van der Waals surface area contributed by atoms with Crippen molar-refractivity contribution in [1.29, 1.82) is 5.26 Å². The fraction of sp³-hybridized carbons (Fsp3) is 0.438. The monoisotopic (exact) mass is 595 g/mol. The van der Waals surface area contributed by atoms with Crippen LogP contribution in [0, 0.1) is 28.6 Å². The van der Waals surface area contributed by atoms with E-state index in [0.717, 1.165) is 18.2 Å².